The van der Waals surface area contributed by atoms with Crippen LogP contribution < -0.4 is 10.3 Å². The van der Waals surface area contributed by atoms with E-state index in [2.05, 4.69) is 5.10 Å². The third-order valence-corrected chi connectivity index (χ3v) is 4.73. The molecule has 0 saturated heterocycles. The quantitative estimate of drug-likeness (QED) is 0.747. The molecule has 1 amide bonds. The minimum atomic E-state index is -4.08. The molecule has 1 aromatic heterocycles. The van der Waals surface area contributed by atoms with Crippen LogP contribution in [0.15, 0.2) is 76.4 Å². The molecule has 0 aliphatic heterocycles. The van der Waals surface area contributed by atoms with Gasteiger partial charge >= 0.3 is 0 Å². The first-order valence-corrected chi connectivity index (χ1v) is 8.84. The summed E-state index contributed by atoms with van der Waals surface area (Å²) in [6.45, 7) is 0. The number of hydrogen-bond donors (Lipinski definition) is 1. The maximum Gasteiger partial charge on any atom is 0.285 e. The number of sulfonamides is 1. The number of carbonyl (C=O) groups is 1. The van der Waals surface area contributed by atoms with E-state index in [0.29, 0.717) is 0 Å². The number of benzene rings is 2. The molecule has 9 heteroatoms. The van der Waals surface area contributed by atoms with Crippen LogP contribution in [-0.2, 0) is 10.0 Å². The third kappa shape index (κ3) is 3.67. The second-order valence-electron chi connectivity index (χ2n) is 5.19. The Kier molecular flexibility index (Phi) is 4.63. The molecule has 0 aliphatic rings. The Labute approximate surface area is 147 Å². The topological polar surface area (TPSA) is 98.1 Å². The lowest BCUT2D eigenvalue weighted by atomic mass is 10.3. The molecule has 0 atom stereocenters. The fraction of sp³-hybridized carbons (Fsp3) is 0. The van der Waals surface area contributed by atoms with Crippen LogP contribution in [0.2, 0.25) is 0 Å². The maximum absolute atomic E-state index is 13.0. The molecule has 0 fully saturated rings. The number of hydrogen-bond acceptors (Lipinski definition) is 5. The minimum absolute atomic E-state index is 0.0831. The normalized spacial score (nSPS) is 11.1. The maximum atomic E-state index is 13.0. The Hall–Kier alpha value is -3.33. The van der Waals surface area contributed by atoms with E-state index < -0.39 is 27.3 Å². The molecule has 0 bridgehead atoms. The van der Waals surface area contributed by atoms with Gasteiger partial charge in [-0.2, -0.15) is 9.78 Å². The van der Waals surface area contributed by atoms with Crippen LogP contribution in [0.5, 0.6) is 0 Å². The van der Waals surface area contributed by atoms with Gasteiger partial charge in [0.1, 0.15) is 11.5 Å². The number of nitrogens with one attached hydrogen (secondary N) is 1. The van der Waals surface area contributed by atoms with E-state index in [1.54, 1.807) is 6.07 Å². The SMILES string of the molecule is O=C(NS(=O)(=O)c1ccccc1)c1ccc(=O)n(-c2ccc(F)cc2)n1. The Bertz CT molecular complexity index is 1110. The van der Waals surface area contributed by atoms with Gasteiger partial charge < -0.3 is 0 Å². The lowest BCUT2D eigenvalue weighted by molar-refractivity contribution is 0.0975. The van der Waals surface area contributed by atoms with E-state index >= 15 is 0 Å². The second-order valence-corrected chi connectivity index (χ2v) is 6.88. The molecule has 1 N–H and O–H groups in total. The third-order valence-electron chi connectivity index (χ3n) is 3.38. The molecule has 0 saturated carbocycles. The molecule has 2 aromatic carbocycles. The van der Waals surface area contributed by atoms with E-state index in [9.17, 15) is 22.4 Å². The molecule has 1 heterocycles. The number of nitrogens with zero attached hydrogens (tertiary/aromatic N) is 2. The van der Waals surface area contributed by atoms with Crippen LogP contribution in [0.4, 0.5) is 4.39 Å². The minimum Gasteiger partial charge on any atom is -0.267 e. The van der Waals surface area contributed by atoms with Gasteiger partial charge in [0, 0.05) is 6.07 Å². The molecule has 0 radical (unpaired) electrons. The zero-order valence-electron chi connectivity index (χ0n) is 13.2. The van der Waals surface area contributed by atoms with Crippen molar-refractivity contribution in [1.82, 2.24) is 14.5 Å². The first-order valence-electron chi connectivity index (χ1n) is 7.35. The predicted octanol–water partition coefficient (Wildman–Crippen LogP) is 1.49. The van der Waals surface area contributed by atoms with Gasteiger partial charge in [0.15, 0.2) is 0 Å². The van der Waals surface area contributed by atoms with Crippen molar-refractivity contribution in [2.75, 3.05) is 0 Å². The number of carbonyl (C=O) groups excluding carboxylic acids is 1. The Balaban J connectivity index is 1.92. The van der Waals surface area contributed by atoms with Crippen LogP contribution in [-0.4, -0.2) is 24.1 Å². The lowest BCUT2D eigenvalue weighted by Crippen LogP contribution is -2.33. The van der Waals surface area contributed by atoms with Crippen molar-refractivity contribution in [1.29, 1.82) is 0 Å². The van der Waals surface area contributed by atoms with E-state index in [0.717, 1.165) is 28.9 Å². The van der Waals surface area contributed by atoms with Gasteiger partial charge in [0.25, 0.3) is 21.5 Å². The Morgan fingerprint density at radius 1 is 0.962 bits per heavy atom. The Morgan fingerprint density at radius 3 is 2.27 bits per heavy atom. The standard InChI is InChI=1S/C17H12FN3O4S/c18-12-6-8-13(9-7-12)21-16(22)11-10-15(19-21)17(23)20-26(24,25)14-4-2-1-3-5-14/h1-11H,(H,20,23). The summed E-state index contributed by atoms with van der Waals surface area (Å²) in [5, 5.41) is 3.86. The van der Waals surface area contributed by atoms with Crippen molar-refractivity contribution >= 4 is 15.9 Å². The van der Waals surface area contributed by atoms with Gasteiger partial charge in [0.05, 0.1) is 10.6 Å². The van der Waals surface area contributed by atoms with Gasteiger partial charge in [-0.15, -0.1) is 0 Å². The van der Waals surface area contributed by atoms with Gasteiger partial charge in [-0.05, 0) is 42.5 Å². The summed E-state index contributed by atoms with van der Waals surface area (Å²) >= 11 is 0. The van der Waals surface area contributed by atoms with Crippen molar-refractivity contribution in [3.8, 4) is 5.69 Å². The molecule has 3 rings (SSSR count). The molecule has 7 nitrogen and oxygen atoms in total. The Morgan fingerprint density at radius 2 is 1.62 bits per heavy atom. The highest BCUT2D eigenvalue weighted by Crippen LogP contribution is 2.09. The highest BCUT2D eigenvalue weighted by atomic mass is 32.2. The van der Waals surface area contributed by atoms with Crippen LogP contribution in [0, 0.1) is 5.82 Å². The van der Waals surface area contributed by atoms with Crippen molar-refractivity contribution in [3.05, 3.63) is 88.6 Å². The van der Waals surface area contributed by atoms with Gasteiger partial charge in [-0.1, -0.05) is 18.2 Å². The van der Waals surface area contributed by atoms with Gasteiger partial charge in [-0.25, -0.2) is 17.5 Å². The number of rotatable bonds is 4. The van der Waals surface area contributed by atoms with Crippen molar-refractivity contribution in [2.24, 2.45) is 0 Å². The number of aromatic nitrogens is 2. The smallest absolute Gasteiger partial charge is 0.267 e. The summed E-state index contributed by atoms with van der Waals surface area (Å²) in [4.78, 5) is 24.1. The summed E-state index contributed by atoms with van der Waals surface area (Å²) in [6.07, 6.45) is 0. The molecule has 0 unspecified atom stereocenters. The molecular formula is C17H12FN3O4S. The summed E-state index contributed by atoms with van der Waals surface area (Å²) in [5.41, 5.74) is -0.607. The molecule has 26 heavy (non-hydrogen) atoms. The van der Waals surface area contributed by atoms with E-state index in [1.807, 2.05) is 4.72 Å². The first-order chi connectivity index (χ1) is 12.4. The van der Waals surface area contributed by atoms with Crippen LogP contribution in [0.3, 0.4) is 0 Å². The highest BCUT2D eigenvalue weighted by Gasteiger charge is 2.20. The van der Waals surface area contributed by atoms with Crippen LogP contribution in [0.1, 0.15) is 10.5 Å². The van der Waals surface area contributed by atoms with Crippen molar-refractivity contribution < 1.29 is 17.6 Å². The zero-order valence-corrected chi connectivity index (χ0v) is 14.0. The summed E-state index contributed by atoms with van der Waals surface area (Å²) in [6, 6.07) is 14.4. The molecule has 0 spiro atoms. The molecule has 0 aliphatic carbocycles. The van der Waals surface area contributed by atoms with Crippen LogP contribution >= 0.6 is 0 Å². The largest absolute Gasteiger partial charge is 0.285 e. The average molecular weight is 373 g/mol. The fourth-order valence-electron chi connectivity index (χ4n) is 2.13. The van der Waals surface area contributed by atoms with E-state index in [-0.39, 0.29) is 16.3 Å². The zero-order chi connectivity index (χ0) is 18.7. The fourth-order valence-corrected chi connectivity index (χ4v) is 3.11. The van der Waals surface area contributed by atoms with Gasteiger partial charge in [-0.3, -0.25) is 9.59 Å². The molecular weight excluding hydrogens is 361 g/mol. The van der Waals surface area contributed by atoms with Crippen molar-refractivity contribution in [2.45, 2.75) is 4.90 Å². The monoisotopic (exact) mass is 373 g/mol. The van der Waals surface area contributed by atoms with E-state index in [1.165, 1.54) is 36.4 Å². The lowest BCUT2D eigenvalue weighted by Gasteiger charge is -2.08. The van der Waals surface area contributed by atoms with E-state index in [4.69, 9.17) is 0 Å². The number of halogens is 1. The summed E-state index contributed by atoms with van der Waals surface area (Å²) < 4.78 is 40.2. The highest BCUT2D eigenvalue weighted by molar-refractivity contribution is 7.90. The first kappa shape index (κ1) is 17.5. The van der Waals surface area contributed by atoms with Crippen molar-refractivity contribution in [3.63, 3.8) is 0 Å². The second kappa shape index (κ2) is 6.89. The van der Waals surface area contributed by atoms with Crippen LogP contribution in [0.25, 0.3) is 5.69 Å². The predicted molar refractivity (Wildman–Crippen MR) is 90.9 cm³/mol. The average Bonchev–Trinajstić information content (AvgIpc) is 2.63. The molecule has 3 aromatic rings. The molecule has 132 valence electrons. The van der Waals surface area contributed by atoms with Gasteiger partial charge in [0.2, 0.25) is 0 Å². The summed E-state index contributed by atoms with van der Waals surface area (Å²) in [5.74, 6) is -1.49. The summed E-state index contributed by atoms with van der Waals surface area (Å²) in [7, 11) is -4.08. The number of amides is 1.